The Labute approximate surface area is 106 Å². The number of rotatable bonds is 5. The van der Waals surface area contributed by atoms with Crippen LogP contribution in [0.15, 0.2) is 12.1 Å². The molecule has 5 nitrogen and oxygen atoms in total. The first kappa shape index (κ1) is 12.5. The van der Waals surface area contributed by atoms with Gasteiger partial charge in [-0.25, -0.2) is 0 Å². The number of nitrogens with one attached hydrogen (secondary N) is 1. The van der Waals surface area contributed by atoms with Gasteiger partial charge in [-0.15, -0.1) is 0 Å². The fourth-order valence-electron chi connectivity index (χ4n) is 1.70. The van der Waals surface area contributed by atoms with Crippen LogP contribution < -0.4 is 19.5 Å². The van der Waals surface area contributed by atoms with Crippen LogP contribution in [0.2, 0.25) is 0 Å². The molecule has 1 aromatic carbocycles. The largest absolute Gasteiger partial charge is 0.496 e. The van der Waals surface area contributed by atoms with Crippen molar-refractivity contribution in [2.75, 3.05) is 26.6 Å². The molecule has 0 bridgehead atoms. The highest BCUT2D eigenvalue weighted by molar-refractivity contribution is 5.97. The molecule has 0 spiro atoms. The van der Waals surface area contributed by atoms with E-state index in [1.807, 2.05) is 0 Å². The fraction of sp³-hybridized carbons (Fsp3) is 0.462. The van der Waals surface area contributed by atoms with Crippen molar-refractivity contribution in [3.63, 3.8) is 0 Å². The molecule has 18 heavy (non-hydrogen) atoms. The van der Waals surface area contributed by atoms with Crippen molar-refractivity contribution in [3.8, 4) is 17.2 Å². The average molecular weight is 251 g/mol. The minimum atomic E-state index is 0.0109. The van der Waals surface area contributed by atoms with Gasteiger partial charge in [0, 0.05) is 18.1 Å². The van der Waals surface area contributed by atoms with Crippen molar-refractivity contribution in [1.82, 2.24) is 0 Å². The number of benzene rings is 1. The summed E-state index contributed by atoms with van der Waals surface area (Å²) >= 11 is 0. The van der Waals surface area contributed by atoms with Gasteiger partial charge in [-0.2, -0.15) is 0 Å². The van der Waals surface area contributed by atoms with E-state index < -0.39 is 0 Å². The normalized spacial score (nSPS) is 13.9. The Morgan fingerprint density at radius 3 is 2.06 bits per heavy atom. The van der Waals surface area contributed by atoms with E-state index in [4.69, 9.17) is 14.2 Å². The number of anilines is 1. The highest BCUT2D eigenvalue weighted by Gasteiger charge is 2.31. The second-order valence-electron chi connectivity index (χ2n) is 4.17. The maximum Gasteiger partial charge on any atom is 0.227 e. The summed E-state index contributed by atoms with van der Waals surface area (Å²) in [6, 6.07) is 3.43. The molecule has 0 atom stereocenters. The lowest BCUT2D eigenvalue weighted by atomic mass is 10.2. The zero-order valence-electron chi connectivity index (χ0n) is 10.8. The van der Waals surface area contributed by atoms with Gasteiger partial charge in [0.05, 0.1) is 21.3 Å². The molecule has 2 rings (SSSR count). The first-order valence-corrected chi connectivity index (χ1v) is 5.80. The van der Waals surface area contributed by atoms with E-state index in [0.29, 0.717) is 22.9 Å². The number of amides is 1. The molecule has 98 valence electrons. The quantitative estimate of drug-likeness (QED) is 0.870. The summed E-state index contributed by atoms with van der Waals surface area (Å²) in [7, 11) is 4.65. The van der Waals surface area contributed by atoms with E-state index in [0.717, 1.165) is 12.8 Å². The molecule has 0 aromatic heterocycles. The molecule has 1 aromatic rings. The lowest BCUT2D eigenvalue weighted by Crippen LogP contribution is -2.15. The Kier molecular flexibility index (Phi) is 3.60. The van der Waals surface area contributed by atoms with Crippen molar-refractivity contribution in [2.24, 2.45) is 5.92 Å². The van der Waals surface area contributed by atoms with Crippen LogP contribution in [0.4, 0.5) is 5.69 Å². The van der Waals surface area contributed by atoms with Crippen LogP contribution in [0.3, 0.4) is 0 Å². The summed E-state index contributed by atoms with van der Waals surface area (Å²) in [5.41, 5.74) is 0.553. The van der Waals surface area contributed by atoms with E-state index in [9.17, 15) is 4.79 Å². The van der Waals surface area contributed by atoms with Crippen molar-refractivity contribution >= 4 is 11.6 Å². The molecule has 1 fully saturated rings. The molecule has 0 radical (unpaired) electrons. The van der Waals surface area contributed by atoms with Crippen molar-refractivity contribution in [2.45, 2.75) is 12.8 Å². The van der Waals surface area contributed by atoms with Gasteiger partial charge in [-0.05, 0) is 12.8 Å². The molecule has 0 saturated heterocycles. The second kappa shape index (κ2) is 5.16. The number of carbonyl (C=O) groups is 1. The zero-order chi connectivity index (χ0) is 13.1. The first-order chi connectivity index (χ1) is 8.69. The van der Waals surface area contributed by atoms with Crippen LogP contribution in [-0.2, 0) is 4.79 Å². The van der Waals surface area contributed by atoms with Gasteiger partial charge in [0.2, 0.25) is 5.91 Å². The monoisotopic (exact) mass is 251 g/mol. The Balaban J connectivity index is 2.32. The molecule has 1 saturated carbocycles. The Bertz CT molecular complexity index is 429. The van der Waals surface area contributed by atoms with Gasteiger partial charge < -0.3 is 19.5 Å². The fourth-order valence-corrected chi connectivity index (χ4v) is 1.70. The predicted octanol–water partition coefficient (Wildman–Crippen LogP) is 2.06. The second-order valence-corrected chi connectivity index (χ2v) is 4.17. The summed E-state index contributed by atoms with van der Waals surface area (Å²) in [6.45, 7) is 0. The molecule has 1 aliphatic carbocycles. The van der Waals surface area contributed by atoms with Crippen LogP contribution in [0, 0.1) is 5.92 Å². The van der Waals surface area contributed by atoms with Crippen molar-refractivity contribution in [1.29, 1.82) is 0 Å². The third kappa shape index (κ3) is 2.50. The number of carbonyl (C=O) groups excluding carboxylic acids is 1. The van der Waals surface area contributed by atoms with Crippen LogP contribution in [0.1, 0.15) is 12.8 Å². The van der Waals surface area contributed by atoms with Gasteiger partial charge in [0.25, 0.3) is 0 Å². The van der Waals surface area contributed by atoms with Gasteiger partial charge in [0.1, 0.15) is 22.9 Å². The van der Waals surface area contributed by atoms with Crippen LogP contribution in [0.25, 0.3) is 0 Å². The Hall–Kier alpha value is -1.91. The van der Waals surface area contributed by atoms with E-state index in [-0.39, 0.29) is 11.8 Å². The molecule has 1 amide bonds. The Morgan fingerprint density at radius 2 is 1.67 bits per heavy atom. The van der Waals surface area contributed by atoms with Crippen LogP contribution >= 0.6 is 0 Å². The molecular weight excluding hydrogens is 234 g/mol. The molecule has 1 aliphatic rings. The SMILES string of the molecule is COc1cc(OC)c(NC(=O)C2CC2)c(OC)c1. The maximum absolute atomic E-state index is 11.8. The third-order valence-corrected chi connectivity index (χ3v) is 2.91. The highest BCUT2D eigenvalue weighted by Crippen LogP contribution is 2.40. The van der Waals surface area contributed by atoms with E-state index in [2.05, 4.69) is 5.32 Å². The average Bonchev–Trinajstić information content (AvgIpc) is 3.22. The molecule has 5 heteroatoms. The highest BCUT2D eigenvalue weighted by atomic mass is 16.5. The zero-order valence-corrected chi connectivity index (χ0v) is 10.8. The van der Waals surface area contributed by atoms with Gasteiger partial charge in [-0.3, -0.25) is 4.79 Å². The van der Waals surface area contributed by atoms with Crippen molar-refractivity contribution in [3.05, 3.63) is 12.1 Å². The molecule has 1 N–H and O–H groups in total. The lowest BCUT2D eigenvalue weighted by Gasteiger charge is -2.15. The maximum atomic E-state index is 11.8. The summed E-state index contributed by atoms with van der Waals surface area (Å²) in [5.74, 6) is 1.81. The van der Waals surface area contributed by atoms with Gasteiger partial charge in [0.15, 0.2) is 0 Å². The summed E-state index contributed by atoms with van der Waals surface area (Å²) in [4.78, 5) is 11.8. The summed E-state index contributed by atoms with van der Waals surface area (Å²) in [6.07, 6.45) is 1.90. The molecular formula is C13H17NO4. The van der Waals surface area contributed by atoms with E-state index in [1.54, 1.807) is 33.5 Å². The number of methoxy groups -OCH3 is 3. The lowest BCUT2D eigenvalue weighted by molar-refractivity contribution is -0.117. The third-order valence-electron chi connectivity index (χ3n) is 2.91. The smallest absolute Gasteiger partial charge is 0.227 e. The molecule has 0 unspecified atom stereocenters. The van der Waals surface area contributed by atoms with E-state index in [1.165, 1.54) is 0 Å². The Morgan fingerprint density at radius 1 is 1.11 bits per heavy atom. The molecule has 0 heterocycles. The number of hydrogen-bond acceptors (Lipinski definition) is 4. The summed E-state index contributed by atoms with van der Waals surface area (Å²) < 4.78 is 15.7. The predicted molar refractivity (Wildman–Crippen MR) is 67.5 cm³/mol. The minimum absolute atomic E-state index is 0.0109. The van der Waals surface area contributed by atoms with Gasteiger partial charge in [-0.1, -0.05) is 0 Å². The number of ether oxygens (including phenoxy) is 3. The van der Waals surface area contributed by atoms with E-state index >= 15 is 0 Å². The number of hydrogen-bond donors (Lipinski definition) is 1. The van der Waals surface area contributed by atoms with Crippen LogP contribution in [-0.4, -0.2) is 27.2 Å². The molecule has 0 aliphatic heterocycles. The van der Waals surface area contributed by atoms with Crippen LogP contribution in [0.5, 0.6) is 17.2 Å². The summed E-state index contributed by atoms with van der Waals surface area (Å²) in [5, 5.41) is 2.85. The first-order valence-electron chi connectivity index (χ1n) is 5.80. The topological polar surface area (TPSA) is 56.8 Å². The standard InChI is InChI=1S/C13H17NO4/c1-16-9-6-10(17-2)12(11(7-9)18-3)14-13(15)8-4-5-8/h6-8H,4-5H2,1-3H3,(H,14,15). The minimum Gasteiger partial charge on any atom is -0.496 e. The van der Waals surface area contributed by atoms with Gasteiger partial charge >= 0.3 is 0 Å². The van der Waals surface area contributed by atoms with Crippen molar-refractivity contribution < 1.29 is 19.0 Å².